The second-order valence-corrected chi connectivity index (χ2v) is 22.5. The van der Waals surface area contributed by atoms with Crippen molar-refractivity contribution in [2.45, 2.75) is 379 Å². The average Bonchev–Trinajstić information content (AvgIpc) is 3.37. The van der Waals surface area contributed by atoms with Crippen LogP contribution in [0, 0.1) is 0 Å². The van der Waals surface area contributed by atoms with Gasteiger partial charge in [0.1, 0.15) is 0 Å². The van der Waals surface area contributed by atoms with Crippen molar-refractivity contribution in [2.24, 2.45) is 0 Å². The Kier molecular flexibility index (Phi) is 59.9. The van der Waals surface area contributed by atoms with Gasteiger partial charge < -0.3 is 20.3 Å². The molecule has 0 spiro atoms. The highest BCUT2D eigenvalue weighted by molar-refractivity contribution is 5.76. The van der Waals surface area contributed by atoms with Gasteiger partial charge in [0.05, 0.1) is 25.4 Å². The first-order chi connectivity index (χ1) is 35.0. The van der Waals surface area contributed by atoms with Crippen molar-refractivity contribution in [1.82, 2.24) is 5.32 Å². The Hall–Kier alpha value is -1.40. The van der Waals surface area contributed by atoms with Crippen LogP contribution in [0.15, 0.2) is 12.2 Å². The van der Waals surface area contributed by atoms with E-state index in [0.717, 1.165) is 38.5 Å². The number of aliphatic hydroxyl groups excluding tert-OH is 2. The van der Waals surface area contributed by atoms with E-state index in [9.17, 15) is 19.8 Å². The van der Waals surface area contributed by atoms with Crippen LogP contribution in [0.4, 0.5) is 0 Å². The standard InChI is InChI=1S/C65H127NO5/c1-3-5-7-9-11-13-15-17-18-19-20-21-24-27-30-34-37-41-45-49-53-57-63(68)62(61-67)66-64(69)58-54-50-46-42-38-35-31-28-25-22-23-26-29-32-36-40-44-48-52-56-60-71-65(70)59-55-51-47-43-39-33-16-14-12-10-8-6-4-2/h53,57,62-63,67-68H,3-52,54-56,58-61H2,1-2H3,(H,66,69)/b57-53+. The van der Waals surface area contributed by atoms with Gasteiger partial charge in [0, 0.05) is 12.8 Å². The number of carbonyl (C=O) groups excluding carboxylic acids is 2. The minimum Gasteiger partial charge on any atom is -0.466 e. The maximum atomic E-state index is 12.5. The monoisotopic (exact) mass is 1000 g/mol. The lowest BCUT2D eigenvalue weighted by atomic mass is 10.0. The number of esters is 1. The van der Waals surface area contributed by atoms with Crippen molar-refractivity contribution >= 4 is 11.9 Å². The molecule has 0 aliphatic carbocycles. The molecule has 422 valence electrons. The Morgan fingerprint density at radius 3 is 0.958 bits per heavy atom. The molecule has 0 bridgehead atoms. The largest absolute Gasteiger partial charge is 0.466 e. The normalized spacial score (nSPS) is 12.6. The van der Waals surface area contributed by atoms with Gasteiger partial charge in [-0.2, -0.15) is 0 Å². The topological polar surface area (TPSA) is 95.9 Å². The average molecular weight is 1000 g/mol. The smallest absolute Gasteiger partial charge is 0.305 e. The lowest BCUT2D eigenvalue weighted by Crippen LogP contribution is -2.45. The molecule has 0 radical (unpaired) electrons. The highest BCUT2D eigenvalue weighted by Crippen LogP contribution is 2.18. The molecule has 0 aliphatic heterocycles. The Morgan fingerprint density at radius 1 is 0.380 bits per heavy atom. The summed E-state index contributed by atoms with van der Waals surface area (Å²) in [5.41, 5.74) is 0. The maximum absolute atomic E-state index is 12.5. The van der Waals surface area contributed by atoms with Gasteiger partial charge in [0.2, 0.25) is 5.91 Å². The molecule has 0 fully saturated rings. The predicted octanol–water partition coefficient (Wildman–Crippen LogP) is 20.4. The van der Waals surface area contributed by atoms with Crippen LogP contribution in [0.1, 0.15) is 367 Å². The molecule has 6 heteroatoms. The van der Waals surface area contributed by atoms with Crippen LogP contribution in [0.5, 0.6) is 0 Å². The third-order valence-electron chi connectivity index (χ3n) is 15.3. The summed E-state index contributed by atoms with van der Waals surface area (Å²) in [6.07, 6.45) is 74.0. The minimum atomic E-state index is -0.846. The molecule has 0 aliphatic rings. The lowest BCUT2D eigenvalue weighted by molar-refractivity contribution is -0.143. The second kappa shape index (κ2) is 61.1. The lowest BCUT2D eigenvalue weighted by Gasteiger charge is -2.20. The zero-order valence-corrected chi connectivity index (χ0v) is 48.2. The summed E-state index contributed by atoms with van der Waals surface area (Å²) >= 11 is 0. The predicted molar refractivity (Wildman–Crippen MR) is 310 cm³/mol. The van der Waals surface area contributed by atoms with E-state index >= 15 is 0 Å². The van der Waals surface area contributed by atoms with Gasteiger partial charge in [-0.1, -0.05) is 334 Å². The molecule has 0 aromatic carbocycles. The fourth-order valence-corrected chi connectivity index (χ4v) is 10.3. The third kappa shape index (κ3) is 57.7. The van der Waals surface area contributed by atoms with Gasteiger partial charge in [-0.25, -0.2) is 0 Å². The summed E-state index contributed by atoms with van der Waals surface area (Å²) in [4.78, 5) is 24.5. The number of ether oxygens (including phenoxy) is 1. The number of hydrogen-bond donors (Lipinski definition) is 3. The van der Waals surface area contributed by atoms with Crippen molar-refractivity contribution in [3.63, 3.8) is 0 Å². The number of aliphatic hydroxyl groups is 2. The molecule has 0 saturated carbocycles. The SMILES string of the molecule is CCCCCCCCCCCCCCCCCCCCC/C=C/C(O)C(CO)NC(=O)CCCCCCCCCCCCCCCCCCCCCCOC(=O)CCCCCCCCCCCCCCC. The van der Waals surface area contributed by atoms with Crippen LogP contribution in [-0.4, -0.2) is 47.4 Å². The third-order valence-corrected chi connectivity index (χ3v) is 15.3. The van der Waals surface area contributed by atoms with E-state index in [1.54, 1.807) is 6.08 Å². The number of unbranched alkanes of at least 4 members (excludes halogenated alkanes) is 50. The van der Waals surface area contributed by atoms with Crippen molar-refractivity contribution < 1.29 is 24.5 Å². The van der Waals surface area contributed by atoms with E-state index < -0.39 is 12.1 Å². The zero-order valence-electron chi connectivity index (χ0n) is 48.2. The first-order valence-electron chi connectivity index (χ1n) is 32.5. The molecule has 0 heterocycles. The highest BCUT2D eigenvalue weighted by Gasteiger charge is 2.18. The van der Waals surface area contributed by atoms with Gasteiger partial charge >= 0.3 is 5.97 Å². The number of carbonyl (C=O) groups is 2. The summed E-state index contributed by atoms with van der Waals surface area (Å²) in [5.74, 6) is -0.0533. The molecule has 0 rings (SSSR count). The number of allylic oxidation sites excluding steroid dienone is 1. The Labute approximate surface area is 444 Å². The molecule has 1 amide bonds. The van der Waals surface area contributed by atoms with Gasteiger partial charge in [0.25, 0.3) is 0 Å². The Balaban J connectivity index is 3.42. The molecule has 2 atom stereocenters. The summed E-state index contributed by atoms with van der Waals surface area (Å²) < 4.78 is 5.48. The fraction of sp³-hybridized carbons (Fsp3) is 0.938. The van der Waals surface area contributed by atoms with E-state index in [0.29, 0.717) is 19.4 Å². The summed E-state index contributed by atoms with van der Waals surface area (Å²) in [6, 6.07) is -0.629. The van der Waals surface area contributed by atoms with E-state index in [1.807, 2.05) is 6.08 Å². The Bertz CT molecular complexity index is 1060. The number of rotatable bonds is 61. The summed E-state index contributed by atoms with van der Waals surface area (Å²) in [6.45, 7) is 4.94. The zero-order chi connectivity index (χ0) is 51.4. The molecule has 2 unspecified atom stereocenters. The quantitative estimate of drug-likeness (QED) is 0.0320. The Morgan fingerprint density at radius 2 is 0.648 bits per heavy atom. The first kappa shape index (κ1) is 69.6. The van der Waals surface area contributed by atoms with Crippen molar-refractivity contribution in [3.8, 4) is 0 Å². The minimum absolute atomic E-state index is 0.0124. The molecule has 0 saturated heterocycles. The van der Waals surface area contributed by atoms with Crippen LogP contribution in [0.25, 0.3) is 0 Å². The van der Waals surface area contributed by atoms with E-state index in [2.05, 4.69) is 19.2 Å². The molecule has 0 aromatic heterocycles. The highest BCUT2D eigenvalue weighted by atomic mass is 16.5. The fourth-order valence-electron chi connectivity index (χ4n) is 10.3. The van der Waals surface area contributed by atoms with Gasteiger partial charge in [-0.05, 0) is 32.1 Å². The van der Waals surface area contributed by atoms with Crippen molar-refractivity contribution in [2.75, 3.05) is 13.2 Å². The van der Waals surface area contributed by atoms with Crippen molar-refractivity contribution in [3.05, 3.63) is 12.2 Å². The van der Waals surface area contributed by atoms with Gasteiger partial charge in [-0.3, -0.25) is 9.59 Å². The number of amides is 1. The van der Waals surface area contributed by atoms with Crippen LogP contribution in [0.2, 0.25) is 0 Å². The molecule has 0 aromatic rings. The second-order valence-electron chi connectivity index (χ2n) is 22.5. The number of nitrogens with one attached hydrogen (secondary N) is 1. The van der Waals surface area contributed by atoms with Crippen molar-refractivity contribution in [1.29, 1.82) is 0 Å². The van der Waals surface area contributed by atoms with E-state index in [4.69, 9.17) is 4.74 Å². The molecular weight excluding hydrogens is 875 g/mol. The van der Waals surface area contributed by atoms with E-state index in [1.165, 1.54) is 302 Å². The summed E-state index contributed by atoms with van der Waals surface area (Å²) in [5, 5.41) is 23.2. The molecule has 3 N–H and O–H groups in total. The van der Waals surface area contributed by atoms with Gasteiger partial charge in [0.15, 0.2) is 0 Å². The maximum Gasteiger partial charge on any atom is 0.305 e. The summed E-state index contributed by atoms with van der Waals surface area (Å²) in [7, 11) is 0. The van der Waals surface area contributed by atoms with Crippen LogP contribution in [0.3, 0.4) is 0 Å². The van der Waals surface area contributed by atoms with Crippen LogP contribution >= 0.6 is 0 Å². The van der Waals surface area contributed by atoms with Crippen LogP contribution in [-0.2, 0) is 14.3 Å². The van der Waals surface area contributed by atoms with Gasteiger partial charge in [-0.15, -0.1) is 0 Å². The molecular formula is C65H127NO5. The molecule has 6 nitrogen and oxygen atoms in total. The molecule has 71 heavy (non-hydrogen) atoms. The van der Waals surface area contributed by atoms with E-state index in [-0.39, 0.29) is 18.5 Å². The number of hydrogen-bond acceptors (Lipinski definition) is 5. The van der Waals surface area contributed by atoms with Crippen LogP contribution < -0.4 is 5.32 Å². The first-order valence-corrected chi connectivity index (χ1v) is 32.5.